The molecule has 14 heavy (non-hydrogen) atoms. The molecule has 0 fully saturated rings. The van der Waals surface area contributed by atoms with Crippen LogP contribution in [0.15, 0.2) is 12.1 Å². The van der Waals surface area contributed by atoms with Crippen molar-refractivity contribution in [2.45, 2.75) is 19.1 Å². The van der Waals surface area contributed by atoms with Gasteiger partial charge in [-0.25, -0.2) is 0 Å². The van der Waals surface area contributed by atoms with E-state index < -0.39 is 12.2 Å². The standard InChI is InChI=1S/C9H15N3O2/c1-5-2-3-6(11)8(12-5)9(14)7(13)4-10/h2-3,7,9,13-14H,4,10-11H2,1H3. The molecule has 1 aromatic rings. The molecule has 0 aliphatic rings. The van der Waals surface area contributed by atoms with Crippen molar-refractivity contribution in [3.8, 4) is 0 Å². The Hall–Kier alpha value is -1.17. The number of aliphatic hydroxyl groups is 2. The molecule has 0 saturated heterocycles. The first-order chi connectivity index (χ1) is 6.56. The number of pyridine rings is 1. The topological polar surface area (TPSA) is 105 Å². The van der Waals surface area contributed by atoms with E-state index in [0.29, 0.717) is 5.69 Å². The largest absolute Gasteiger partial charge is 0.397 e. The van der Waals surface area contributed by atoms with Gasteiger partial charge in [0.25, 0.3) is 0 Å². The fourth-order valence-corrected chi connectivity index (χ4v) is 1.14. The fraction of sp³-hybridized carbons (Fsp3) is 0.444. The lowest BCUT2D eigenvalue weighted by Crippen LogP contribution is -2.28. The van der Waals surface area contributed by atoms with Crippen LogP contribution >= 0.6 is 0 Å². The number of aliphatic hydroxyl groups excluding tert-OH is 2. The van der Waals surface area contributed by atoms with E-state index in [4.69, 9.17) is 11.5 Å². The molecule has 5 heteroatoms. The van der Waals surface area contributed by atoms with Crippen molar-refractivity contribution >= 4 is 5.69 Å². The minimum atomic E-state index is -1.13. The molecular formula is C9H15N3O2. The summed E-state index contributed by atoms with van der Waals surface area (Å²) >= 11 is 0. The average molecular weight is 197 g/mol. The van der Waals surface area contributed by atoms with Gasteiger partial charge in [0.15, 0.2) is 0 Å². The predicted molar refractivity (Wildman–Crippen MR) is 53.4 cm³/mol. The Morgan fingerprint density at radius 3 is 2.64 bits per heavy atom. The molecule has 0 spiro atoms. The van der Waals surface area contributed by atoms with E-state index in [-0.39, 0.29) is 12.2 Å². The second kappa shape index (κ2) is 4.36. The molecule has 78 valence electrons. The van der Waals surface area contributed by atoms with Gasteiger partial charge in [0.05, 0.1) is 17.5 Å². The first kappa shape index (κ1) is 10.9. The van der Waals surface area contributed by atoms with Gasteiger partial charge >= 0.3 is 0 Å². The molecule has 1 rings (SSSR count). The number of nitrogens with zero attached hydrogens (tertiary/aromatic N) is 1. The summed E-state index contributed by atoms with van der Waals surface area (Å²) in [6, 6.07) is 3.38. The lowest BCUT2D eigenvalue weighted by atomic mass is 10.1. The Balaban J connectivity index is 2.99. The summed E-state index contributed by atoms with van der Waals surface area (Å²) in [5.41, 5.74) is 12.2. The van der Waals surface area contributed by atoms with E-state index in [9.17, 15) is 10.2 Å². The van der Waals surface area contributed by atoms with E-state index in [1.807, 2.05) is 0 Å². The molecule has 0 aliphatic carbocycles. The molecule has 2 unspecified atom stereocenters. The lowest BCUT2D eigenvalue weighted by Gasteiger charge is -2.17. The van der Waals surface area contributed by atoms with Crippen LogP contribution in [0.5, 0.6) is 0 Å². The van der Waals surface area contributed by atoms with Gasteiger partial charge in [-0.2, -0.15) is 0 Å². The molecule has 0 aromatic carbocycles. The first-order valence-electron chi connectivity index (χ1n) is 4.35. The normalized spacial score (nSPS) is 15.1. The Bertz CT molecular complexity index is 317. The van der Waals surface area contributed by atoms with Gasteiger partial charge in [-0.1, -0.05) is 0 Å². The van der Waals surface area contributed by atoms with Crippen molar-refractivity contribution in [1.29, 1.82) is 0 Å². The van der Waals surface area contributed by atoms with Gasteiger partial charge in [0, 0.05) is 12.2 Å². The number of aromatic nitrogens is 1. The number of hydrogen-bond acceptors (Lipinski definition) is 5. The summed E-state index contributed by atoms with van der Waals surface area (Å²) in [5, 5.41) is 18.9. The van der Waals surface area contributed by atoms with Crippen LogP contribution in [0.3, 0.4) is 0 Å². The fourth-order valence-electron chi connectivity index (χ4n) is 1.14. The zero-order valence-electron chi connectivity index (χ0n) is 8.01. The molecule has 6 N–H and O–H groups in total. The van der Waals surface area contributed by atoms with Gasteiger partial charge in [-0.05, 0) is 19.1 Å². The second-order valence-electron chi connectivity index (χ2n) is 3.17. The number of rotatable bonds is 3. The highest BCUT2D eigenvalue weighted by atomic mass is 16.3. The maximum absolute atomic E-state index is 9.62. The number of anilines is 1. The van der Waals surface area contributed by atoms with Crippen molar-refractivity contribution in [2.24, 2.45) is 5.73 Å². The molecule has 0 amide bonds. The monoisotopic (exact) mass is 197 g/mol. The van der Waals surface area contributed by atoms with Gasteiger partial charge in [-0.15, -0.1) is 0 Å². The van der Waals surface area contributed by atoms with Crippen LogP contribution in [-0.2, 0) is 0 Å². The highest BCUT2D eigenvalue weighted by Gasteiger charge is 2.20. The van der Waals surface area contributed by atoms with E-state index in [2.05, 4.69) is 4.98 Å². The highest BCUT2D eigenvalue weighted by Crippen LogP contribution is 2.20. The van der Waals surface area contributed by atoms with Crippen molar-refractivity contribution in [3.63, 3.8) is 0 Å². The first-order valence-corrected chi connectivity index (χ1v) is 4.35. The molecule has 0 radical (unpaired) electrons. The Labute approximate surface area is 82.4 Å². The van der Waals surface area contributed by atoms with E-state index in [1.54, 1.807) is 19.1 Å². The molecular weight excluding hydrogens is 182 g/mol. The molecule has 5 nitrogen and oxygen atoms in total. The molecule has 0 aliphatic heterocycles. The van der Waals surface area contributed by atoms with Gasteiger partial charge in [0.1, 0.15) is 6.10 Å². The minimum absolute atomic E-state index is 0.0315. The van der Waals surface area contributed by atoms with Crippen LogP contribution in [0, 0.1) is 6.92 Å². The van der Waals surface area contributed by atoms with Crippen LogP contribution in [0.4, 0.5) is 5.69 Å². The molecule has 1 aromatic heterocycles. The molecule has 0 saturated carbocycles. The van der Waals surface area contributed by atoms with Crippen LogP contribution in [-0.4, -0.2) is 27.8 Å². The smallest absolute Gasteiger partial charge is 0.125 e. The van der Waals surface area contributed by atoms with E-state index in [0.717, 1.165) is 5.69 Å². The third kappa shape index (κ3) is 2.20. The van der Waals surface area contributed by atoms with Gasteiger partial charge in [-0.3, -0.25) is 4.98 Å². The lowest BCUT2D eigenvalue weighted by molar-refractivity contribution is 0.0221. The van der Waals surface area contributed by atoms with Gasteiger partial charge < -0.3 is 21.7 Å². The Morgan fingerprint density at radius 1 is 1.43 bits per heavy atom. The van der Waals surface area contributed by atoms with Crippen molar-refractivity contribution < 1.29 is 10.2 Å². The zero-order valence-corrected chi connectivity index (χ0v) is 8.01. The zero-order chi connectivity index (χ0) is 10.7. The third-order valence-electron chi connectivity index (χ3n) is 1.98. The number of hydrogen-bond donors (Lipinski definition) is 4. The summed E-state index contributed by atoms with van der Waals surface area (Å²) in [6.07, 6.45) is -2.16. The van der Waals surface area contributed by atoms with Crippen LogP contribution in [0.25, 0.3) is 0 Å². The molecule has 1 heterocycles. The summed E-state index contributed by atoms with van der Waals surface area (Å²) in [6.45, 7) is 1.75. The number of nitrogen functional groups attached to an aromatic ring is 1. The SMILES string of the molecule is Cc1ccc(N)c(C(O)C(O)CN)n1. The summed E-state index contributed by atoms with van der Waals surface area (Å²) in [4.78, 5) is 4.05. The minimum Gasteiger partial charge on any atom is -0.397 e. The average Bonchev–Trinajstić information content (AvgIpc) is 2.19. The van der Waals surface area contributed by atoms with E-state index >= 15 is 0 Å². The van der Waals surface area contributed by atoms with Crippen molar-refractivity contribution in [1.82, 2.24) is 4.98 Å². The van der Waals surface area contributed by atoms with Crippen molar-refractivity contribution in [2.75, 3.05) is 12.3 Å². The highest BCUT2D eigenvalue weighted by molar-refractivity contribution is 5.44. The van der Waals surface area contributed by atoms with Gasteiger partial charge in [0.2, 0.25) is 0 Å². The Kier molecular flexibility index (Phi) is 3.40. The second-order valence-corrected chi connectivity index (χ2v) is 3.17. The summed E-state index contributed by atoms with van der Waals surface area (Å²) in [7, 11) is 0. The predicted octanol–water partition coefficient (Wildman–Crippen LogP) is -0.675. The maximum Gasteiger partial charge on any atom is 0.125 e. The Morgan fingerprint density at radius 2 is 2.07 bits per heavy atom. The third-order valence-corrected chi connectivity index (χ3v) is 1.98. The van der Waals surface area contributed by atoms with Crippen LogP contribution in [0.1, 0.15) is 17.5 Å². The van der Waals surface area contributed by atoms with Crippen LogP contribution < -0.4 is 11.5 Å². The molecule has 2 atom stereocenters. The summed E-state index contributed by atoms with van der Waals surface area (Å²) < 4.78 is 0. The molecule has 0 bridgehead atoms. The van der Waals surface area contributed by atoms with E-state index in [1.165, 1.54) is 0 Å². The summed E-state index contributed by atoms with van der Waals surface area (Å²) in [5.74, 6) is 0. The van der Waals surface area contributed by atoms with Crippen molar-refractivity contribution in [3.05, 3.63) is 23.5 Å². The maximum atomic E-state index is 9.62. The number of nitrogens with two attached hydrogens (primary N) is 2. The number of aryl methyl sites for hydroxylation is 1. The quantitative estimate of drug-likeness (QED) is 0.514. The van der Waals surface area contributed by atoms with Crippen LogP contribution in [0.2, 0.25) is 0 Å².